The quantitative estimate of drug-likeness (QED) is 0.522. The number of carbonyl (C=O) groups excluding carboxylic acids is 1. The van der Waals surface area contributed by atoms with Crippen LogP contribution in [0.15, 0.2) is 0 Å². The van der Waals surface area contributed by atoms with E-state index < -0.39 is 11.9 Å². The highest BCUT2D eigenvalue weighted by atomic mass is 16.1. The van der Waals surface area contributed by atoms with Crippen LogP contribution in [-0.2, 0) is 4.79 Å². The lowest BCUT2D eigenvalue weighted by molar-refractivity contribution is -0.119. The third-order valence-corrected chi connectivity index (χ3v) is 3.01. The number of hydrogen-bond donors (Lipinski definition) is 3. The second-order valence-corrected chi connectivity index (χ2v) is 4.09. The molecule has 0 aromatic heterocycles. The molecule has 0 saturated carbocycles. The van der Waals surface area contributed by atoms with Gasteiger partial charge in [-0.1, -0.05) is 6.92 Å². The van der Waals surface area contributed by atoms with Crippen molar-refractivity contribution in [3.05, 3.63) is 0 Å². The van der Waals surface area contributed by atoms with Gasteiger partial charge in [0.15, 0.2) is 0 Å². The van der Waals surface area contributed by atoms with E-state index in [1.165, 1.54) is 19.4 Å². The van der Waals surface area contributed by atoms with E-state index in [9.17, 15) is 4.79 Å². The van der Waals surface area contributed by atoms with E-state index in [2.05, 4.69) is 17.1 Å². The van der Waals surface area contributed by atoms with Crippen LogP contribution in [0.3, 0.4) is 0 Å². The zero-order chi connectivity index (χ0) is 11.3. The first-order valence-corrected chi connectivity index (χ1v) is 5.64. The van der Waals surface area contributed by atoms with E-state index in [0.29, 0.717) is 12.6 Å². The molecule has 1 rings (SSSR count). The predicted molar refractivity (Wildman–Crippen MR) is 60.3 cm³/mol. The molecular formula is C10H22N4O. The van der Waals surface area contributed by atoms with Gasteiger partial charge >= 0.3 is 0 Å². The minimum absolute atomic E-state index is 0.443. The van der Waals surface area contributed by atoms with Crippen molar-refractivity contribution in [1.29, 1.82) is 0 Å². The van der Waals surface area contributed by atoms with Gasteiger partial charge in [-0.3, -0.25) is 9.69 Å². The monoisotopic (exact) mass is 214 g/mol. The molecule has 0 bridgehead atoms. The van der Waals surface area contributed by atoms with Gasteiger partial charge in [0.2, 0.25) is 5.91 Å². The number of primary amides is 1. The normalized spacial score (nSPS) is 24.3. The molecule has 5 N–H and O–H groups in total. The van der Waals surface area contributed by atoms with Crippen LogP contribution in [0.5, 0.6) is 0 Å². The van der Waals surface area contributed by atoms with Gasteiger partial charge in [0.1, 0.15) is 0 Å². The summed E-state index contributed by atoms with van der Waals surface area (Å²) in [5.74, 6) is -0.443. The molecule has 0 aromatic carbocycles. The minimum atomic E-state index is -0.568. The van der Waals surface area contributed by atoms with Crippen LogP contribution in [-0.4, -0.2) is 49.1 Å². The van der Waals surface area contributed by atoms with Gasteiger partial charge in [-0.15, -0.1) is 0 Å². The maximum atomic E-state index is 10.7. The summed E-state index contributed by atoms with van der Waals surface area (Å²) in [6, 6.07) is 0.0246. The topological polar surface area (TPSA) is 84.4 Å². The summed E-state index contributed by atoms with van der Waals surface area (Å²) in [5.41, 5.74) is 10.6. The Balaban J connectivity index is 2.17. The van der Waals surface area contributed by atoms with Crippen molar-refractivity contribution in [2.24, 2.45) is 11.5 Å². The van der Waals surface area contributed by atoms with Gasteiger partial charge in [0.05, 0.1) is 6.04 Å². The Kier molecular flexibility index (Phi) is 5.01. The standard InChI is InChI=1S/C10H22N4O/c1-2-14-5-3-4-8(14)6-13-7-9(11)10(12)15/h8-9,13H,2-7,11H2,1H3,(H2,12,15). The van der Waals surface area contributed by atoms with Crippen molar-refractivity contribution in [2.75, 3.05) is 26.2 Å². The summed E-state index contributed by atoms with van der Waals surface area (Å²) in [6.07, 6.45) is 2.49. The van der Waals surface area contributed by atoms with Crippen molar-refractivity contribution in [3.63, 3.8) is 0 Å². The number of amides is 1. The van der Waals surface area contributed by atoms with E-state index in [-0.39, 0.29) is 0 Å². The number of hydrogen-bond acceptors (Lipinski definition) is 4. The van der Waals surface area contributed by atoms with E-state index in [0.717, 1.165) is 13.1 Å². The Bertz CT molecular complexity index is 210. The summed E-state index contributed by atoms with van der Waals surface area (Å²) in [4.78, 5) is 13.1. The summed E-state index contributed by atoms with van der Waals surface area (Å²) >= 11 is 0. The molecule has 0 spiro atoms. The van der Waals surface area contributed by atoms with E-state index in [1.54, 1.807) is 0 Å². The van der Waals surface area contributed by atoms with Gasteiger partial charge in [-0.05, 0) is 25.9 Å². The molecule has 2 atom stereocenters. The van der Waals surface area contributed by atoms with Crippen LogP contribution in [0.4, 0.5) is 0 Å². The number of likely N-dealkylation sites (N-methyl/N-ethyl adjacent to an activating group) is 1. The van der Waals surface area contributed by atoms with E-state index in [1.807, 2.05) is 0 Å². The third kappa shape index (κ3) is 3.77. The molecule has 1 saturated heterocycles. The van der Waals surface area contributed by atoms with Crippen LogP contribution in [0.1, 0.15) is 19.8 Å². The summed E-state index contributed by atoms with van der Waals surface area (Å²) < 4.78 is 0. The highest BCUT2D eigenvalue weighted by Gasteiger charge is 2.22. The Morgan fingerprint density at radius 2 is 2.40 bits per heavy atom. The molecule has 1 heterocycles. The van der Waals surface area contributed by atoms with Crippen LogP contribution >= 0.6 is 0 Å². The van der Waals surface area contributed by atoms with Crippen molar-refractivity contribution >= 4 is 5.91 Å². The lowest BCUT2D eigenvalue weighted by atomic mass is 10.2. The second kappa shape index (κ2) is 6.05. The lowest BCUT2D eigenvalue weighted by Gasteiger charge is -2.23. The number of carbonyl (C=O) groups is 1. The fourth-order valence-electron chi connectivity index (χ4n) is 2.05. The molecule has 88 valence electrons. The number of rotatable bonds is 6. The fourth-order valence-corrected chi connectivity index (χ4v) is 2.05. The number of nitrogens with two attached hydrogens (primary N) is 2. The van der Waals surface area contributed by atoms with Crippen molar-refractivity contribution in [3.8, 4) is 0 Å². The second-order valence-electron chi connectivity index (χ2n) is 4.09. The maximum absolute atomic E-state index is 10.7. The molecule has 0 radical (unpaired) electrons. The average molecular weight is 214 g/mol. The molecule has 1 amide bonds. The molecule has 5 nitrogen and oxygen atoms in total. The summed E-state index contributed by atoms with van der Waals surface area (Å²) in [7, 11) is 0. The zero-order valence-electron chi connectivity index (χ0n) is 9.41. The van der Waals surface area contributed by atoms with Gasteiger partial charge in [-0.2, -0.15) is 0 Å². The molecule has 5 heteroatoms. The predicted octanol–water partition coefficient (Wildman–Crippen LogP) is -1.13. The SMILES string of the molecule is CCN1CCCC1CNCC(N)C(N)=O. The van der Waals surface area contributed by atoms with Gasteiger partial charge in [0.25, 0.3) is 0 Å². The Hall–Kier alpha value is -0.650. The van der Waals surface area contributed by atoms with Crippen LogP contribution in [0, 0.1) is 0 Å². The molecule has 0 aromatic rings. The fraction of sp³-hybridized carbons (Fsp3) is 0.900. The van der Waals surface area contributed by atoms with Gasteiger partial charge < -0.3 is 16.8 Å². The largest absolute Gasteiger partial charge is 0.368 e. The highest BCUT2D eigenvalue weighted by molar-refractivity contribution is 5.79. The van der Waals surface area contributed by atoms with Gasteiger partial charge in [0, 0.05) is 19.1 Å². The molecule has 1 fully saturated rings. The molecule has 2 unspecified atom stereocenters. The molecule has 1 aliphatic heterocycles. The maximum Gasteiger partial charge on any atom is 0.235 e. The number of nitrogens with one attached hydrogen (secondary N) is 1. The zero-order valence-corrected chi connectivity index (χ0v) is 9.41. The smallest absolute Gasteiger partial charge is 0.235 e. The first-order chi connectivity index (χ1) is 7.15. The third-order valence-electron chi connectivity index (χ3n) is 3.01. The van der Waals surface area contributed by atoms with Crippen molar-refractivity contribution in [2.45, 2.75) is 31.8 Å². The average Bonchev–Trinajstić information content (AvgIpc) is 2.65. The first-order valence-electron chi connectivity index (χ1n) is 5.64. The van der Waals surface area contributed by atoms with E-state index in [4.69, 9.17) is 11.5 Å². The van der Waals surface area contributed by atoms with Crippen LogP contribution < -0.4 is 16.8 Å². The molecular weight excluding hydrogens is 192 g/mol. The van der Waals surface area contributed by atoms with Gasteiger partial charge in [-0.25, -0.2) is 0 Å². The molecule has 15 heavy (non-hydrogen) atoms. The number of nitrogens with zero attached hydrogens (tertiary/aromatic N) is 1. The molecule has 1 aliphatic rings. The van der Waals surface area contributed by atoms with Crippen molar-refractivity contribution < 1.29 is 4.79 Å². The number of likely N-dealkylation sites (tertiary alicyclic amines) is 1. The highest BCUT2D eigenvalue weighted by Crippen LogP contribution is 2.15. The summed E-state index contributed by atoms with van der Waals surface area (Å²) in [5, 5.41) is 3.21. The summed E-state index contributed by atoms with van der Waals surface area (Å²) in [6.45, 7) is 5.82. The Labute approximate surface area is 91.2 Å². The van der Waals surface area contributed by atoms with Crippen LogP contribution in [0.25, 0.3) is 0 Å². The Morgan fingerprint density at radius 3 is 3.00 bits per heavy atom. The van der Waals surface area contributed by atoms with Crippen LogP contribution in [0.2, 0.25) is 0 Å². The Morgan fingerprint density at radius 1 is 1.67 bits per heavy atom. The van der Waals surface area contributed by atoms with E-state index >= 15 is 0 Å². The van der Waals surface area contributed by atoms with Crippen molar-refractivity contribution in [1.82, 2.24) is 10.2 Å². The molecule has 0 aliphatic carbocycles. The minimum Gasteiger partial charge on any atom is -0.368 e. The lowest BCUT2D eigenvalue weighted by Crippen LogP contribution is -2.47. The first kappa shape index (κ1) is 12.4.